The zero-order valence-electron chi connectivity index (χ0n) is 23.6. The largest absolute Gasteiger partial charge is 0.508 e. The number of anilines is 1. The summed E-state index contributed by atoms with van der Waals surface area (Å²) in [7, 11) is 6.87. The fourth-order valence-corrected chi connectivity index (χ4v) is 6.45. The summed E-state index contributed by atoms with van der Waals surface area (Å²) >= 11 is 0. The number of phenolic OH excluding ortho intramolecular Hbond substituents is 1. The van der Waals surface area contributed by atoms with Gasteiger partial charge in [-0.1, -0.05) is 20.8 Å². The molecule has 4 atom stereocenters. The van der Waals surface area contributed by atoms with E-state index in [1.807, 2.05) is 25.1 Å². The van der Waals surface area contributed by atoms with Gasteiger partial charge in [0.2, 0.25) is 5.78 Å². The minimum atomic E-state index is -2.64. The first-order valence-corrected chi connectivity index (χ1v) is 13.1. The molecule has 1 aromatic carbocycles. The standard InChI is InChI=1S/C29H39N3O7/c1-28(2,3)9-8-13-12-17(31(4)5)15-10-14-11-16-21(32(6)7)24(35)20(27(30)38)26(37)29(16,39)25(36)18(14)23(34)19(15)22(13)33/h12,14,16,21,33-34,37,39H,8-11H2,1-7H3,(H2,30,38)/t14-,16-,21?,29-/m0/s1. The number of rotatable bonds is 5. The van der Waals surface area contributed by atoms with Gasteiger partial charge in [-0.05, 0) is 68.3 Å². The number of aliphatic hydroxyl groups is 3. The molecule has 0 aliphatic heterocycles. The van der Waals surface area contributed by atoms with E-state index in [1.165, 1.54) is 4.90 Å². The van der Waals surface area contributed by atoms with Gasteiger partial charge >= 0.3 is 0 Å². The first kappa shape index (κ1) is 28.6. The molecule has 10 nitrogen and oxygen atoms in total. The monoisotopic (exact) mass is 541 g/mol. The van der Waals surface area contributed by atoms with Crippen LogP contribution in [-0.2, 0) is 27.2 Å². The van der Waals surface area contributed by atoms with Crippen molar-refractivity contribution in [1.29, 1.82) is 0 Å². The SMILES string of the molecule is CN(C)c1cc(CCC(C)(C)C)c(O)c2c1C[C@H]1C[C@H]3C(N(C)C)C(=O)C(C(N)=O)=C(O)[C@@]3(O)C(=O)C1=C2O. The lowest BCUT2D eigenvalue weighted by Crippen LogP contribution is -2.65. The van der Waals surface area contributed by atoms with Crippen molar-refractivity contribution in [1.82, 2.24) is 4.90 Å². The number of likely N-dealkylation sites (N-methyl/N-ethyl adjacent to an activating group) is 1. The number of fused-ring (bicyclic) bond motifs is 3. The second-order valence-electron chi connectivity index (χ2n) is 12.7. The summed E-state index contributed by atoms with van der Waals surface area (Å²) in [5.74, 6) is -6.42. The second-order valence-corrected chi connectivity index (χ2v) is 12.7. The van der Waals surface area contributed by atoms with Crippen LogP contribution in [-0.4, -0.2) is 82.6 Å². The Morgan fingerprint density at radius 3 is 2.26 bits per heavy atom. The molecule has 0 saturated heterocycles. The molecule has 39 heavy (non-hydrogen) atoms. The highest BCUT2D eigenvalue weighted by molar-refractivity contribution is 6.24. The number of hydrogen-bond acceptors (Lipinski definition) is 9. The molecule has 212 valence electrons. The van der Waals surface area contributed by atoms with E-state index in [-0.39, 0.29) is 35.1 Å². The predicted molar refractivity (Wildman–Crippen MR) is 146 cm³/mol. The second kappa shape index (κ2) is 9.38. The molecule has 0 spiro atoms. The Morgan fingerprint density at radius 1 is 1.13 bits per heavy atom. The summed E-state index contributed by atoms with van der Waals surface area (Å²) in [4.78, 5) is 42.8. The number of Topliss-reactive ketones (excluding diaryl/α,β-unsaturated/α-hetero) is 2. The maximum absolute atomic E-state index is 14.0. The van der Waals surface area contributed by atoms with E-state index >= 15 is 0 Å². The number of benzene rings is 1. The number of nitrogens with zero attached hydrogens (tertiary/aromatic N) is 2. The summed E-state index contributed by atoms with van der Waals surface area (Å²) in [6.45, 7) is 6.27. The molecule has 1 aromatic rings. The third-order valence-corrected chi connectivity index (χ3v) is 8.40. The lowest BCUT2D eigenvalue weighted by molar-refractivity contribution is -0.153. The number of carbonyl (C=O) groups is 3. The number of amides is 1. The minimum Gasteiger partial charge on any atom is -0.508 e. The van der Waals surface area contributed by atoms with Crippen molar-refractivity contribution < 1.29 is 34.8 Å². The zero-order valence-corrected chi connectivity index (χ0v) is 23.6. The van der Waals surface area contributed by atoms with Crippen LogP contribution in [0.1, 0.15) is 50.3 Å². The number of hydrogen-bond donors (Lipinski definition) is 5. The van der Waals surface area contributed by atoms with Gasteiger partial charge in [-0.15, -0.1) is 0 Å². The van der Waals surface area contributed by atoms with E-state index in [0.717, 1.165) is 12.1 Å². The Kier molecular flexibility index (Phi) is 6.88. The van der Waals surface area contributed by atoms with E-state index in [9.17, 15) is 34.8 Å². The lowest BCUT2D eigenvalue weighted by Gasteiger charge is -2.50. The molecule has 1 saturated carbocycles. The number of nitrogens with two attached hydrogens (primary N) is 1. The van der Waals surface area contributed by atoms with Crippen molar-refractivity contribution in [3.05, 3.63) is 39.7 Å². The number of phenols is 1. The molecule has 0 heterocycles. The Morgan fingerprint density at radius 2 is 1.74 bits per heavy atom. The van der Waals surface area contributed by atoms with Gasteiger partial charge in [0.1, 0.15) is 22.8 Å². The molecule has 10 heteroatoms. The van der Waals surface area contributed by atoms with Gasteiger partial charge < -0.3 is 31.1 Å². The van der Waals surface area contributed by atoms with Gasteiger partial charge in [0.05, 0.1) is 11.6 Å². The van der Waals surface area contributed by atoms with Crippen molar-refractivity contribution in [3.63, 3.8) is 0 Å². The average Bonchev–Trinajstić information content (AvgIpc) is 2.79. The van der Waals surface area contributed by atoms with Gasteiger partial charge in [-0.2, -0.15) is 0 Å². The highest BCUT2D eigenvalue weighted by atomic mass is 16.3. The highest BCUT2D eigenvalue weighted by Crippen LogP contribution is 2.54. The van der Waals surface area contributed by atoms with E-state index in [1.54, 1.807) is 14.1 Å². The van der Waals surface area contributed by atoms with Crippen molar-refractivity contribution >= 4 is 28.9 Å². The Hall–Kier alpha value is -3.37. The number of primary amides is 1. The Labute approximate surface area is 228 Å². The fourth-order valence-electron chi connectivity index (χ4n) is 6.45. The van der Waals surface area contributed by atoms with Crippen LogP contribution >= 0.6 is 0 Å². The van der Waals surface area contributed by atoms with E-state index in [0.29, 0.717) is 17.5 Å². The van der Waals surface area contributed by atoms with Crippen LogP contribution in [0.4, 0.5) is 5.69 Å². The summed E-state index contributed by atoms with van der Waals surface area (Å²) in [5, 5.41) is 45.6. The molecule has 1 fully saturated rings. The summed E-state index contributed by atoms with van der Waals surface area (Å²) in [6, 6.07) is 0.795. The Bertz CT molecular complexity index is 1340. The van der Waals surface area contributed by atoms with Gasteiger partial charge in [-0.3, -0.25) is 19.3 Å². The molecule has 3 aliphatic carbocycles. The molecule has 4 rings (SSSR count). The van der Waals surface area contributed by atoms with E-state index in [2.05, 4.69) is 20.8 Å². The van der Waals surface area contributed by atoms with E-state index in [4.69, 9.17) is 5.73 Å². The first-order valence-electron chi connectivity index (χ1n) is 13.1. The molecule has 1 amide bonds. The van der Waals surface area contributed by atoms with Crippen molar-refractivity contribution in [2.24, 2.45) is 23.0 Å². The van der Waals surface area contributed by atoms with Crippen LogP contribution in [0, 0.1) is 17.3 Å². The summed E-state index contributed by atoms with van der Waals surface area (Å²) in [6.07, 6.45) is 1.62. The predicted octanol–water partition coefficient (Wildman–Crippen LogP) is 2.01. The van der Waals surface area contributed by atoms with Crippen molar-refractivity contribution in [2.45, 2.75) is 58.1 Å². The summed E-state index contributed by atoms with van der Waals surface area (Å²) < 4.78 is 0. The highest BCUT2D eigenvalue weighted by Gasteiger charge is 2.64. The number of carbonyl (C=O) groups excluding carboxylic acids is 3. The van der Waals surface area contributed by atoms with Gasteiger partial charge in [0.25, 0.3) is 5.91 Å². The van der Waals surface area contributed by atoms with Gasteiger partial charge in [-0.25, -0.2) is 0 Å². The number of ketones is 2. The van der Waals surface area contributed by atoms with Crippen LogP contribution in [0.25, 0.3) is 5.76 Å². The first-order chi connectivity index (χ1) is 17.9. The van der Waals surface area contributed by atoms with Crippen molar-refractivity contribution in [3.8, 4) is 5.75 Å². The normalized spacial score (nSPS) is 26.9. The average molecular weight is 542 g/mol. The fraction of sp³-hybridized carbons (Fsp3) is 0.552. The van der Waals surface area contributed by atoms with Crippen LogP contribution in [0.5, 0.6) is 5.75 Å². The molecule has 6 N–H and O–H groups in total. The smallest absolute Gasteiger partial charge is 0.255 e. The van der Waals surface area contributed by atoms with Crippen LogP contribution in [0.15, 0.2) is 23.0 Å². The van der Waals surface area contributed by atoms with Crippen LogP contribution in [0.3, 0.4) is 0 Å². The molecule has 0 radical (unpaired) electrons. The zero-order chi connectivity index (χ0) is 29.4. The van der Waals surface area contributed by atoms with Crippen LogP contribution in [0.2, 0.25) is 0 Å². The third-order valence-electron chi connectivity index (χ3n) is 8.40. The molecule has 3 aliphatic rings. The Balaban J connectivity index is 1.96. The van der Waals surface area contributed by atoms with Crippen molar-refractivity contribution in [2.75, 3.05) is 33.1 Å². The van der Waals surface area contributed by atoms with Gasteiger partial charge in [0.15, 0.2) is 11.4 Å². The van der Waals surface area contributed by atoms with Gasteiger partial charge in [0, 0.05) is 31.3 Å². The third kappa shape index (κ3) is 4.30. The molecular weight excluding hydrogens is 502 g/mol. The quantitative estimate of drug-likeness (QED) is 0.351. The topological polar surface area (TPSA) is 165 Å². The molecule has 0 bridgehead atoms. The maximum Gasteiger partial charge on any atom is 0.255 e. The molecule has 0 aromatic heterocycles. The minimum absolute atomic E-state index is 0.00671. The number of aryl methyl sites for hydroxylation is 1. The number of aromatic hydroxyl groups is 1. The number of aliphatic hydroxyl groups excluding tert-OH is 2. The van der Waals surface area contributed by atoms with E-state index < -0.39 is 58.0 Å². The molecular formula is C29H39N3O7. The van der Waals surface area contributed by atoms with Crippen LogP contribution < -0.4 is 10.6 Å². The lowest BCUT2D eigenvalue weighted by atomic mass is 9.57. The summed E-state index contributed by atoms with van der Waals surface area (Å²) in [5.41, 5.74) is 3.95. The maximum atomic E-state index is 14.0. The molecule has 1 unspecified atom stereocenters.